The second kappa shape index (κ2) is 5.50. The summed E-state index contributed by atoms with van der Waals surface area (Å²) < 4.78 is 25.2. The monoisotopic (exact) mass is 286 g/mol. The van der Waals surface area contributed by atoms with Gasteiger partial charge < -0.3 is 14.8 Å². The molecule has 1 aliphatic heterocycles. The van der Waals surface area contributed by atoms with E-state index >= 15 is 0 Å². The van der Waals surface area contributed by atoms with E-state index in [2.05, 4.69) is 10.3 Å². The van der Waals surface area contributed by atoms with Crippen molar-refractivity contribution >= 4 is 15.8 Å². The van der Waals surface area contributed by atoms with Crippen LogP contribution in [0.1, 0.15) is 18.5 Å². The summed E-state index contributed by atoms with van der Waals surface area (Å²) in [5.74, 6) is 1.49. The smallest absolute Gasteiger partial charge is 0.204 e. The van der Waals surface area contributed by atoms with Crippen molar-refractivity contribution in [3.05, 3.63) is 11.9 Å². The van der Waals surface area contributed by atoms with Gasteiger partial charge in [-0.05, 0) is 12.8 Å². The molecule has 1 aromatic heterocycles. The van der Waals surface area contributed by atoms with Crippen LogP contribution in [-0.2, 0) is 23.4 Å². The Kier molecular flexibility index (Phi) is 4.15. The molecule has 0 spiro atoms. The van der Waals surface area contributed by atoms with Crippen LogP contribution in [0.25, 0.3) is 0 Å². The lowest BCUT2D eigenvalue weighted by Crippen LogP contribution is -2.40. The highest BCUT2D eigenvalue weighted by atomic mass is 32.2. The average Bonchev–Trinajstić information content (AvgIpc) is 2.67. The zero-order valence-electron chi connectivity index (χ0n) is 11.8. The van der Waals surface area contributed by atoms with Crippen LogP contribution in [0, 0.1) is 0 Å². The highest BCUT2D eigenvalue weighted by Crippen LogP contribution is 2.14. The molecule has 0 amide bonds. The van der Waals surface area contributed by atoms with Crippen molar-refractivity contribution in [3.63, 3.8) is 0 Å². The molecule has 1 aliphatic rings. The topological polar surface area (TPSA) is 67.2 Å². The standard InChI is InChI=1S/C12H22N4O2S/c1-15(2)12-14-8-11(16(12)3)7-13-10-5-4-6-19(17,18)9-10/h8,10,13H,4-7,9H2,1-3H3. The highest BCUT2D eigenvalue weighted by Gasteiger charge is 2.24. The van der Waals surface area contributed by atoms with E-state index in [0.29, 0.717) is 12.3 Å². The molecule has 0 aliphatic carbocycles. The van der Waals surface area contributed by atoms with Gasteiger partial charge in [-0.3, -0.25) is 0 Å². The number of sulfone groups is 1. The number of hydrogen-bond donors (Lipinski definition) is 1. The Hall–Kier alpha value is -1.08. The molecule has 1 N–H and O–H groups in total. The van der Waals surface area contributed by atoms with Gasteiger partial charge in [0.05, 0.1) is 23.4 Å². The van der Waals surface area contributed by atoms with Gasteiger partial charge in [-0.2, -0.15) is 0 Å². The zero-order valence-corrected chi connectivity index (χ0v) is 12.6. The van der Waals surface area contributed by atoms with Gasteiger partial charge in [-0.25, -0.2) is 13.4 Å². The van der Waals surface area contributed by atoms with Gasteiger partial charge in [-0.1, -0.05) is 0 Å². The predicted octanol–water partition coefficient (Wildman–Crippen LogP) is 0.153. The Labute approximate surface area is 114 Å². The van der Waals surface area contributed by atoms with Crippen molar-refractivity contribution in [1.82, 2.24) is 14.9 Å². The van der Waals surface area contributed by atoms with Crippen LogP contribution < -0.4 is 10.2 Å². The lowest BCUT2D eigenvalue weighted by molar-refractivity contribution is 0.474. The third-order valence-corrected chi connectivity index (χ3v) is 5.32. The number of nitrogens with one attached hydrogen (secondary N) is 1. The van der Waals surface area contributed by atoms with Gasteiger partial charge >= 0.3 is 0 Å². The first kappa shape index (κ1) is 14.3. The minimum atomic E-state index is -2.85. The molecule has 1 fully saturated rings. The molecule has 1 aromatic rings. The van der Waals surface area contributed by atoms with Crippen molar-refractivity contribution in [2.75, 3.05) is 30.5 Å². The molecule has 1 unspecified atom stereocenters. The Morgan fingerprint density at radius 1 is 1.53 bits per heavy atom. The van der Waals surface area contributed by atoms with Crippen LogP contribution in [0.2, 0.25) is 0 Å². The molecule has 108 valence electrons. The van der Waals surface area contributed by atoms with Crippen molar-refractivity contribution in [3.8, 4) is 0 Å². The SMILES string of the molecule is CN(C)c1ncc(CNC2CCCS(=O)(=O)C2)n1C. The number of imidazole rings is 1. The number of nitrogens with zero attached hydrogens (tertiary/aromatic N) is 3. The van der Waals surface area contributed by atoms with E-state index in [4.69, 9.17) is 0 Å². The predicted molar refractivity (Wildman–Crippen MR) is 76.1 cm³/mol. The van der Waals surface area contributed by atoms with Crippen LogP contribution in [-0.4, -0.2) is 49.6 Å². The third-order valence-electron chi connectivity index (χ3n) is 3.49. The maximum atomic E-state index is 11.6. The first-order valence-corrected chi connectivity index (χ1v) is 8.33. The number of hydrogen-bond acceptors (Lipinski definition) is 5. The van der Waals surface area contributed by atoms with Crippen LogP contribution >= 0.6 is 0 Å². The van der Waals surface area contributed by atoms with E-state index in [9.17, 15) is 8.42 Å². The fourth-order valence-electron chi connectivity index (χ4n) is 2.45. The Morgan fingerprint density at radius 2 is 2.26 bits per heavy atom. The molecule has 6 nitrogen and oxygen atoms in total. The van der Waals surface area contributed by atoms with E-state index < -0.39 is 9.84 Å². The fraction of sp³-hybridized carbons (Fsp3) is 0.750. The van der Waals surface area contributed by atoms with Crippen molar-refractivity contribution in [1.29, 1.82) is 0 Å². The lowest BCUT2D eigenvalue weighted by Gasteiger charge is -2.23. The summed E-state index contributed by atoms with van der Waals surface area (Å²) in [5, 5.41) is 3.33. The van der Waals surface area contributed by atoms with Gasteiger partial charge in [0.15, 0.2) is 9.84 Å². The van der Waals surface area contributed by atoms with Gasteiger partial charge in [0, 0.05) is 33.7 Å². The summed E-state index contributed by atoms with van der Waals surface area (Å²) in [6.07, 6.45) is 3.52. The van der Waals surface area contributed by atoms with Gasteiger partial charge in [0.25, 0.3) is 0 Å². The van der Waals surface area contributed by atoms with Gasteiger partial charge in [0.1, 0.15) is 0 Å². The molecule has 0 radical (unpaired) electrons. The molecular weight excluding hydrogens is 264 g/mol. The molecule has 7 heteroatoms. The van der Waals surface area contributed by atoms with Gasteiger partial charge in [0.2, 0.25) is 5.95 Å². The molecular formula is C12H22N4O2S. The highest BCUT2D eigenvalue weighted by molar-refractivity contribution is 7.91. The van der Waals surface area contributed by atoms with Crippen LogP contribution in [0.4, 0.5) is 5.95 Å². The molecule has 0 bridgehead atoms. The van der Waals surface area contributed by atoms with Crippen LogP contribution in [0.15, 0.2) is 6.20 Å². The summed E-state index contributed by atoms with van der Waals surface area (Å²) >= 11 is 0. The lowest BCUT2D eigenvalue weighted by atomic mass is 10.2. The quantitative estimate of drug-likeness (QED) is 0.853. The van der Waals surface area contributed by atoms with E-state index in [1.165, 1.54) is 0 Å². The minimum Gasteiger partial charge on any atom is -0.348 e. The van der Waals surface area contributed by atoms with Crippen LogP contribution in [0.5, 0.6) is 0 Å². The Morgan fingerprint density at radius 3 is 2.84 bits per heavy atom. The summed E-state index contributed by atoms with van der Waals surface area (Å²) in [6, 6.07) is 0.0662. The maximum absolute atomic E-state index is 11.6. The minimum absolute atomic E-state index is 0.0662. The van der Waals surface area contributed by atoms with E-state index in [0.717, 1.165) is 24.5 Å². The normalized spacial score (nSPS) is 22.4. The second-order valence-corrected chi connectivity index (χ2v) is 7.57. The summed E-state index contributed by atoms with van der Waals surface area (Å²) in [6.45, 7) is 0.650. The third kappa shape index (κ3) is 3.48. The van der Waals surface area contributed by atoms with E-state index in [1.807, 2.05) is 36.8 Å². The van der Waals surface area contributed by atoms with Crippen molar-refractivity contribution in [2.24, 2.45) is 7.05 Å². The first-order valence-electron chi connectivity index (χ1n) is 6.51. The molecule has 2 rings (SSSR count). The van der Waals surface area contributed by atoms with Crippen molar-refractivity contribution < 1.29 is 8.42 Å². The number of rotatable bonds is 4. The maximum Gasteiger partial charge on any atom is 0.204 e. The van der Waals surface area contributed by atoms with E-state index in [1.54, 1.807) is 0 Å². The molecule has 1 saturated heterocycles. The Balaban J connectivity index is 1.96. The summed E-state index contributed by atoms with van der Waals surface area (Å²) in [7, 11) is 3.02. The summed E-state index contributed by atoms with van der Waals surface area (Å²) in [5.41, 5.74) is 1.06. The van der Waals surface area contributed by atoms with Gasteiger partial charge in [-0.15, -0.1) is 0 Å². The van der Waals surface area contributed by atoms with Crippen molar-refractivity contribution in [2.45, 2.75) is 25.4 Å². The first-order chi connectivity index (χ1) is 8.89. The molecule has 2 heterocycles. The largest absolute Gasteiger partial charge is 0.348 e. The fourth-order valence-corrected chi connectivity index (χ4v) is 4.12. The Bertz CT molecular complexity index is 536. The average molecular weight is 286 g/mol. The summed E-state index contributed by atoms with van der Waals surface area (Å²) in [4.78, 5) is 6.29. The molecule has 0 aromatic carbocycles. The molecule has 1 atom stereocenters. The van der Waals surface area contributed by atoms with E-state index in [-0.39, 0.29) is 11.8 Å². The van der Waals surface area contributed by atoms with Crippen LogP contribution in [0.3, 0.4) is 0 Å². The number of aromatic nitrogens is 2. The number of anilines is 1. The molecule has 19 heavy (non-hydrogen) atoms. The molecule has 0 saturated carbocycles. The second-order valence-electron chi connectivity index (χ2n) is 5.34. The zero-order chi connectivity index (χ0) is 14.0.